The first-order valence-corrected chi connectivity index (χ1v) is 7.95. The van der Waals surface area contributed by atoms with Crippen molar-refractivity contribution < 1.29 is 19.1 Å². The maximum atomic E-state index is 12.3. The van der Waals surface area contributed by atoms with Gasteiger partial charge in [0.15, 0.2) is 5.78 Å². The van der Waals surface area contributed by atoms with E-state index in [9.17, 15) is 9.59 Å². The van der Waals surface area contributed by atoms with E-state index < -0.39 is 23.8 Å². The largest absolute Gasteiger partial charge is 0.444 e. The molecule has 0 aliphatic rings. The standard InChI is InChI=1S/C19H27NO4/c1-13(2)17(21)16(20-18(22)24-19(4,5)6)14(3)23-12-15-10-8-7-9-11-15/h7-11,14,16H,1,12H2,2-6H3,(H,20,22)/t14-,16+/m0/s1. The summed E-state index contributed by atoms with van der Waals surface area (Å²) in [6.45, 7) is 12.6. The summed E-state index contributed by atoms with van der Waals surface area (Å²) in [5, 5.41) is 2.59. The van der Waals surface area contributed by atoms with Crippen LogP contribution in [0.5, 0.6) is 0 Å². The Kier molecular flexibility index (Phi) is 7.17. The molecule has 0 unspecified atom stereocenters. The van der Waals surface area contributed by atoms with E-state index in [0.717, 1.165) is 5.56 Å². The fourth-order valence-electron chi connectivity index (χ4n) is 1.99. The lowest BCUT2D eigenvalue weighted by atomic mass is 10.0. The molecule has 0 heterocycles. The third kappa shape index (κ3) is 6.96. The molecular formula is C19H27NO4. The van der Waals surface area contributed by atoms with Crippen LogP contribution in [0.1, 0.15) is 40.2 Å². The molecule has 0 spiro atoms. The molecule has 2 atom stereocenters. The Hall–Kier alpha value is -2.14. The van der Waals surface area contributed by atoms with Gasteiger partial charge in [-0.15, -0.1) is 0 Å². The van der Waals surface area contributed by atoms with Crippen LogP contribution in [0.25, 0.3) is 0 Å². The first-order chi connectivity index (χ1) is 11.1. The van der Waals surface area contributed by atoms with E-state index in [-0.39, 0.29) is 5.78 Å². The highest BCUT2D eigenvalue weighted by atomic mass is 16.6. The van der Waals surface area contributed by atoms with E-state index in [4.69, 9.17) is 9.47 Å². The number of carbonyl (C=O) groups is 2. The third-order valence-electron chi connectivity index (χ3n) is 3.20. The molecule has 0 fully saturated rings. The van der Waals surface area contributed by atoms with Crippen molar-refractivity contribution >= 4 is 11.9 Å². The van der Waals surface area contributed by atoms with Crippen LogP contribution < -0.4 is 5.32 Å². The predicted molar refractivity (Wildman–Crippen MR) is 93.7 cm³/mol. The van der Waals surface area contributed by atoms with Crippen molar-refractivity contribution in [3.8, 4) is 0 Å². The highest BCUT2D eigenvalue weighted by Crippen LogP contribution is 2.12. The molecule has 132 valence electrons. The first-order valence-electron chi connectivity index (χ1n) is 7.95. The zero-order valence-corrected chi connectivity index (χ0v) is 15.1. The summed E-state index contributed by atoms with van der Waals surface area (Å²) < 4.78 is 11.0. The van der Waals surface area contributed by atoms with Gasteiger partial charge in [0.2, 0.25) is 0 Å². The monoisotopic (exact) mass is 333 g/mol. The summed E-state index contributed by atoms with van der Waals surface area (Å²) in [6.07, 6.45) is -1.18. The minimum absolute atomic E-state index is 0.276. The molecule has 5 nitrogen and oxygen atoms in total. The van der Waals surface area contributed by atoms with Crippen LogP contribution in [-0.4, -0.2) is 29.6 Å². The number of nitrogens with one attached hydrogen (secondary N) is 1. The van der Waals surface area contributed by atoms with Crippen LogP contribution in [0.15, 0.2) is 42.5 Å². The van der Waals surface area contributed by atoms with Gasteiger partial charge in [-0.25, -0.2) is 4.79 Å². The van der Waals surface area contributed by atoms with Gasteiger partial charge in [0.05, 0.1) is 12.7 Å². The molecule has 1 aromatic rings. The lowest BCUT2D eigenvalue weighted by molar-refractivity contribution is -0.121. The maximum Gasteiger partial charge on any atom is 0.408 e. The van der Waals surface area contributed by atoms with Gasteiger partial charge in [0.1, 0.15) is 11.6 Å². The summed E-state index contributed by atoms with van der Waals surface area (Å²) in [5.74, 6) is -0.276. The highest BCUT2D eigenvalue weighted by Gasteiger charge is 2.29. The second-order valence-corrected chi connectivity index (χ2v) is 6.77. The lowest BCUT2D eigenvalue weighted by Gasteiger charge is -2.26. The average molecular weight is 333 g/mol. The van der Waals surface area contributed by atoms with E-state index in [1.807, 2.05) is 30.3 Å². The zero-order chi connectivity index (χ0) is 18.3. The molecular weight excluding hydrogens is 306 g/mol. The molecule has 1 N–H and O–H groups in total. The SMILES string of the molecule is C=C(C)C(=O)[C@H](NC(=O)OC(C)(C)C)[C@H](C)OCc1ccccc1. The molecule has 1 amide bonds. The molecule has 0 aliphatic carbocycles. The minimum atomic E-state index is -0.846. The summed E-state index contributed by atoms with van der Waals surface area (Å²) in [4.78, 5) is 24.4. The Bertz CT molecular complexity index is 575. The van der Waals surface area contributed by atoms with E-state index in [2.05, 4.69) is 11.9 Å². The van der Waals surface area contributed by atoms with Crippen LogP contribution >= 0.6 is 0 Å². The number of ketones is 1. The Balaban J connectivity index is 2.75. The first kappa shape index (κ1) is 19.9. The highest BCUT2D eigenvalue weighted by molar-refractivity contribution is 6.00. The van der Waals surface area contributed by atoms with Gasteiger partial charge in [-0.3, -0.25) is 4.79 Å². The molecule has 0 aliphatic heterocycles. The van der Waals surface area contributed by atoms with Gasteiger partial charge in [-0.1, -0.05) is 36.9 Å². The van der Waals surface area contributed by atoms with Crippen molar-refractivity contribution in [3.63, 3.8) is 0 Å². The summed E-state index contributed by atoms with van der Waals surface area (Å²) in [5.41, 5.74) is 0.698. The maximum absolute atomic E-state index is 12.3. The smallest absolute Gasteiger partial charge is 0.408 e. The quantitative estimate of drug-likeness (QED) is 0.774. The molecule has 0 aromatic heterocycles. The Labute approximate surface area is 144 Å². The molecule has 24 heavy (non-hydrogen) atoms. The number of rotatable bonds is 7. The number of carbonyl (C=O) groups excluding carboxylic acids is 2. The normalized spacial score (nSPS) is 13.7. The van der Waals surface area contributed by atoms with Gasteiger partial charge in [-0.05, 0) is 45.8 Å². The molecule has 0 saturated carbocycles. The minimum Gasteiger partial charge on any atom is -0.444 e. The lowest BCUT2D eigenvalue weighted by Crippen LogP contribution is -2.50. The molecule has 5 heteroatoms. The summed E-state index contributed by atoms with van der Waals surface area (Å²) in [6, 6.07) is 8.77. The van der Waals surface area contributed by atoms with Gasteiger partial charge in [0, 0.05) is 0 Å². The fraction of sp³-hybridized carbons (Fsp3) is 0.474. The third-order valence-corrected chi connectivity index (χ3v) is 3.20. The second-order valence-electron chi connectivity index (χ2n) is 6.77. The molecule has 0 saturated heterocycles. The van der Waals surface area contributed by atoms with Gasteiger partial charge in [0.25, 0.3) is 0 Å². The predicted octanol–water partition coefficient (Wildman–Crippen LogP) is 3.63. The Morgan fingerprint density at radius 2 is 1.79 bits per heavy atom. The van der Waals surface area contributed by atoms with Crippen molar-refractivity contribution in [2.45, 2.75) is 59.0 Å². The van der Waals surface area contributed by atoms with Crippen LogP contribution in [-0.2, 0) is 20.9 Å². The van der Waals surface area contributed by atoms with E-state index >= 15 is 0 Å². The van der Waals surface area contributed by atoms with Crippen molar-refractivity contribution in [3.05, 3.63) is 48.0 Å². The van der Waals surface area contributed by atoms with Crippen LogP contribution in [0.3, 0.4) is 0 Å². The number of hydrogen-bond acceptors (Lipinski definition) is 4. The number of Topliss-reactive ketones (excluding diaryl/α,β-unsaturated/α-hetero) is 1. The zero-order valence-electron chi connectivity index (χ0n) is 15.1. The molecule has 1 rings (SSSR count). The summed E-state index contributed by atoms with van der Waals surface area (Å²) >= 11 is 0. The van der Waals surface area contributed by atoms with Crippen molar-refractivity contribution in [1.82, 2.24) is 5.32 Å². The van der Waals surface area contributed by atoms with Gasteiger partial charge < -0.3 is 14.8 Å². The summed E-state index contributed by atoms with van der Waals surface area (Å²) in [7, 11) is 0. The Morgan fingerprint density at radius 3 is 2.29 bits per heavy atom. The molecule has 1 aromatic carbocycles. The van der Waals surface area contributed by atoms with E-state index in [1.54, 1.807) is 34.6 Å². The van der Waals surface area contributed by atoms with E-state index in [0.29, 0.717) is 12.2 Å². The van der Waals surface area contributed by atoms with Crippen molar-refractivity contribution in [1.29, 1.82) is 0 Å². The number of benzene rings is 1. The fourth-order valence-corrected chi connectivity index (χ4v) is 1.99. The number of amides is 1. The van der Waals surface area contributed by atoms with E-state index in [1.165, 1.54) is 0 Å². The van der Waals surface area contributed by atoms with Crippen LogP contribution in [0, 0.1) is 0 Å². The molecule has 0 radical (unpaired) electrons. The molecule has 0 bridgehead atoms. The number of ether oxygens (including phenoxy) is 2. The van der Waals surface area contributed by atoms with Crippen molar-refractivity contribution in [2.75, 3.05) is 0 Å². The van der Waals surface area contributed by atoms with Gasteiger partial charge >= 0.3 is 6.09 Å². The van der Waals surface area contributed by atoms with Crippen molar-refractivity contribution in [2.24, 2.45) is 0 Å². The van der Waals surface area contributed by atoms with Gasteiger partial charge in [-0.2, -0.15) is 0 Å². The number of alkyl carbamates (subject to hydrolysis) is 1. The topological polar surface area (TPSA) is 64.6 Å². The second kappa shape index (κ2) is 8.64. The van der Waals surface area contributed by atoms with Crippen LogP contribution in [0.4, 0.5) is 4.79 Å². The van der Waals surface area contributed by atoms with Crippen LogP contribution in [0.2, 0.25) is 0 Å². The number of hydrogen-bond donors (Lipinski definition) is 1. The Morgan fingerprint density at radius 1 is 1.21 bits per heavy atom. The average Bonchev–Trinajstić information content (AvgIpc) is 2.48.